The number of nitrogens with zero attached hydrogens (tertiary/aromatic N) is 2. The minimum Gasteiger partial charge on any atom is -0.370 e. The molecule has 82 valence electrons. The van der Waals surface area contributed by atoms with E-state index in [1.807, 2.05) is 0 Å². The number of rotatable bonds is 4. The smallest absolute Gasteiger partial charge is 0.191 e. The molecule has 0 amide bonds. The first-order chi connectivity index (χ1) is 6.58. The zero-order chi connectivity index (χ0) is 10.6. The maximum absolute atomic E-state index is 5.91. The lowest BCUT2D eigenvalue weighted by molar-refractivity contribution is 0.185. The van der Waals surface area contributed by atoms with Gasteiger partial charge in [0.05, 0.1) is 0 Å². The van der Waals surface area contributed by atoms with Gasteiger partial charge in [-0.15, -0.1) is 0 Å². The number of nitrogens with two attached hydrogens (primary N) is 1. The van der Waals surface area contributed by atoms with E-state index in [1.54, 1.807) is 0 Å². The highest BCUT2D eigenvalue weighted by atomic mass is 15.3. The highest BCUT2D eigenvalue weighted by Gasteiger charge is 2.28. The SMILES string of the molecule is CCCCC(C)(C)N1CCCN=C1N. The Morgan fingerprint density at radius 2 is 2.21 bits per heavy atom. The summed E-state index contributed by atoms with van der Waals surface area (Å²) < 4.78 is 0. The van der Waals surface area contributed by atoms with Crippen LogP contribution in [0.2, 0.25) is 0 Å². The lowest BCUT2D eigenvalue weighted by atomic mass is 9.94. The van der Waals surface area contributed by atoms with Crippen molar-refractivity contribution in [2.45, 2.75) is 52.0 Å². The molecule has 0 unspecified atom stereocenters. The Balaban J connectivity index is 2.60. The Morgan fingerprint density at radius 3 is 2.79 bits per heavy atom. The standard InChI is InChI=1S/C11H23N3/c1-4-5-7-11(2,3)14-9-6-8-13-10(14)12/h4-9H2,1-3H3,(H2,12,13). The molecule has 3 heteroatoms. The molecule has 1 heterocycles. The normalized spacial score (nSPS) is 18.2. The number of hydrogen-bond donors (Lipinski definition) is 1. The molecule has 0 bridgehead atoms. The van der Waals surface area contributed by atoms with E-state index < -0.39 is 0 Å². The summed E-state index contributed by atoms with van der Waals surface area (Å²) in [6, 6.07) is 0. The van der Waals surface area contributed by atoms with E-state index in [0.717, 1.165) is 25.5 Å². The van der Waals surface area contributed by atoms with Gasteiger partial charge in [-0.05, 0) is 26.7 Å². The fraction of sp³-hybridized carbons (Fsp3) is 0.909. The third kappa shape index (κ3) is 2.63. The molecule has 14 heavy (non-hydrogen) atoms. The van der Waals surface area contributed by atoms with Gasteiger partial charge in [-0.1, -0.05) is 19.8 Å². The van der Waals surface area contributed by atoms with Gasteiger partial charge in [-0.2, -0.15) is 0 Å². The van der Waals surface area contributed by atoms with Crippen molar-refractivity contribution in [3.8, 4) is 0 Å². The molecule has 0 saturated heterocycles. The van der Waals surface area contributed by atoms with Crippen molar-refractivity contribution in [3.63, 3.8) is 0 Å². The molecule has 0 saturated carbocycles. The maximum Gasteiger partial charge on any atom is 0.191 e. The Labute approximate surface area is 87.4 Å². The van der Waals surface area contributed by atoms with Crippen molar-refractivity contribution in [2.24, 2.45) is 10.7 Å². The van der Waals surface area contributed by atoms with Gasteiger partial charge >= 0.3 is 0 Å². The first-order valence-electron chi connectivity index (χ1n) is 5.65. The second-order valence-corrected chi connectivity index (χ2v) is 4.66. The Kier molecular flexibility index (Phi) is 3.78. The molecule has 0 aliphatic carbocycles. The second kappa shape index (κ2) is 4.67. The van der Waals surface area contributed by atoms with Gasteiger partial charge in [0.2, 0.25) is 0 Å². The van der Waals surface area contributed by atoms with E-state index in [9.17, 15) is 0 Å². The first-order valence-corrected chi connectivity index (χ1v) is 5.65. The van der Waals surface area contributed by atoms with Crippen molar-refractivity contribution in [3.05, 3.63) is 0 Å². The van der Waals surface area contributed by atoms with Crippen molar-refractivity contribution in [2.75, 3.05) is 13.1 Å². The summed E-state index contributed by atoms with van der Waals surface area (Å²) in [5.74, 6) is 0.734. The number of aliphatic imine (C=N–C) groups is 1. The lowest BCUT2D eigenvalue weighted by Gasteiger charge is -2.41. The second-order valence-electron chi connectivity index (χ2n) is 4.66. The summed E-state index contributed by atoms with van der Waals surface area (Å²) in [4.78, 5) is 6.56. The summed E-state index contributed by atoms with van der Waals surface area (Å²) in [5, 5.41) is 0. The maximum atomic E-state index is 5.91. The van der Waals surface area contributed by atoms with Crippen LogP contribution in [-0.4, -0.2) is 29.5 Å². The number of guanidine groups is 1. The molecule has 3 nitrogen and oxygen atoms in total. The molecule has 0 fully saturated rings. The molecule has 1 rings (SSSR count). The van der Waals surface area contributed by atoms with Crippen LogP contribution in [0.3, 0.4) is 0 Å². The quantitative estimate of drug-likeness (QED) is 0.748. The van der Waals surface area contributed by atoms with Crippen LogP contribution in [0.1, 0.15) is 46.5 Å². The van der Waals surface area contributed by atoms with Gasteiger partial charge in [0.15, 0.2) is 5.96 Å². The van der Waals surface area contributed by atoms with E-state index in [1.165, 1.54) is 19.3 Å². The van der Waals surface area contributed by atoms with Gasteiger partial charge in [0, 0.05) is 18.6 Å². The average Bonchev–Trinajstić information content (AvgIpc) is 2.15. The molecule has 0 aromatic heterocycles. The van der Waals surface area contributed by atoms with Gasteiger partial charge in [0.1, 0.15) is 0 Å². The molecular formula is C11H23N3. The minimum atomic E-state index is 0.171. The van der Waals surface area contributed by atoms with E-state index in [4.69, 9.17) is 5.73 Å². The van der Waals surface area contributed by atoms with Crippen LogP contribution in [0.4, 0.5) is 0 Å². The van der Waals surface area contributed by atoms with Crippen molar-refractivity contribution in [1.82, 2.24) is 4.90 Å². The summed E-state index contributed by atoms with van der Waals surface area (Å²) in [6.45, 7) is 8.70. The van der Waals surface area contributed by atoms with E-state index >= 15 is 0 Å². The highest BCUT2D eigenvalue weighted by molar-refractivity contribution is 5.79. The molecule has 1 aliphatic rings. The molecule has 0 spiro atoms. The zero-order valence-corrected chi connectivity index (χ0v) is 9.71. The van der Waals surface area contributed by atoms with E-state index in [0.29, 0.717) is 0 Å². The largest absolute Gasteiger partial charge is 0.370 e. The van der Waals surface area contributed by atoms with Crippen molar-refractivity contribution >= 4 is 5.96 Å². The van der Waals surface area contributed by atoms with Crippen molar-refractivity contribution < 1.29 is 0 Å². The summed E-state index contributed by atoms with van der Waals surface area (Å²) >= 11 is 0. The molecular weight excluding hydrogens is 174 g/mol. The van der Waals surface area contributed by atoms with Crippen LogP contribution in [0.5, 0.6) is 0 Å². The fourth-order valence-electron chi connectivity index (χ4n) is 1.98. The summed E-state index contributed by atoms with van der Waals surface area (Å²) in [5.41, 5.74) is 6.08. The predicted octanol–water partition coefficient (Wildman–Crippen LogP) is 1.98. The van der Waals surface area contributed by atoms with E-state index in [2.05, 4.69) is 30.7 Å². The zero-order valence-electron chi connectivity index (χ0n) is 9.71. The molecule has 0 aromatic carbocycles. The Bertz CT molecular complexity index is 209. The third-order valence-electron chi connectivity index (χ3n) is 2.96. The summed E-state index contributed by atoms with van der Waals surface area (Å²) in [6.07, 6.45) is 4.83. The van der Waals surface area contributed by atoms with Crippen LogP contribution < -0.4 is 5.73 Å². The van der Waals surface area contributed by atoms with Crippen LogP contribution in [0, 0.1) is 0 Å². The van der Waals surface area contributed by atoms with Gasteiger partial charge in [-0.25, -0.2) is 0 Å². The predicted molar refractivity (Wildman–Crippen MR) is 61.4 cm³/mol. The monoisotopic (exact) mass is 197 g/mol. The molecule has 1 aliphatic heterocycles. The number of hydrogen-bond acceptors (Lipinski definition) is 3. The molecule has 0 aromatic rings. The van der Waals surface area contributed by atoms with Crippen LogP contribution in [-0.2, 0) is 0 Å². The summed E-state index contributed by atoms with van der Waals surface area (Å²) in [7, 11) is 0. The van der Waals surface area contributed by atoms with Crippen LogP contribution in [0.25, 0.3) is 0 Å². The van der Waals surface area contributed by atoms with Crippen LogP contribution >= 0.6 is 0 Å². The fourth-order valence-corrected chi connectivity index (χ4v) is 1.98. The topological polar surface area (TPSA) is 41.6 Å². The van der Waals surface area contributed by atoms with Gasteiger partial charge < -0.3 is 10.6 Å². The van der Waals surface area contributed by atoms with Crippen LogP contribution in [0.15, 0.2) is 4.99 Å². The highest BCUT2D eigenvalue weighted by Crippen LogP contribution is 2.23. The molecule has 0 atom stereocenters. The van der Waals surface area contributed by atoms with Crippen molar-refractivity contribution in [1.29, 1.82) is 0 Å². The number of unbranched alkanes of at least 4 members (excludes halogenated alkanes) is 1. The van der Waals surface area contributed by atoms with E-state index in [-0.39, 0.29) is 5.54 Å². The van der Waals surface area contributed by atoms with Gasteiger partial charge in [0.25, 0.3) is 0 Å². The molecule has 0 radical (unpaired) electrons. The third-order valence-corrected chi connectivity index (χ3v) is 2.96. The lowest BCUT2D eigenvalue weighted by Crippen LogP contribution is -2.53. The minimum absolute atomic E-state index is 0.171. The average molecular weight is 197 g/mol. The Morgan fingerprint density at radius 1 is 1.50 bits per heavy atom. The van der Waals surface area contributed by atoms with Gasteiger partial charge in [-0.3, -0.25) is 4.99 Å². The molecule has 2 N–H and O–H groups in total. The Hall–Kier alpha value is -0.730. The first kappa shape index (κ1) is 11.3.